The molecule has 7 heteroatoms. The van der Waals surface area contributed by atoms with Gasteiger partial charge in [-0.1, -0.05) is 6.07 Å². The Kier molecular flexibility index (Phi) is 5.26. The van der Waals surface area contributed by atoms with Crippen molar-refractivity contribution < 1.29 is 9.72 Å². The normalized spacial score (nSPS) is 19.4. The van der Waals surface area contributed by atoms with Crippen molar-refractivity contribution in [3.05, 3.63) is 39.4 Å². The number of carbonyl (C=O) groups excluding carboxylic acids is 1. The molecule has 0 atom stereocenters. The summed E-state index contributed by atoms with van der Waals surface area (Å²) in [5.41, 5.74) is 1.57. The Balaban J connectivity index is 0.00000192. The van der Waals surface area contributed by atoms with Crippen molar-refractivity contribution in [3.8, 4) is 0 Å². The molecule has 1 aromatic rings. The second-order valence-corrected chi connectivity index (χ2v) is 6.48. The summed E-state index contributed by atoms with van der Waals surface area (Å²) in [6.45, 7) is 5.41. The molecule has 0 radical (unpaired) electrons. The van der Waals surface area contributed by atoms with Gasteiger partial charge in [0.2, 0.25) is 0 Å². The van der Waals surface area contributed by atoms with Gasteiger partial charge in [-0.2, -0.15) is 0 Å². The molecular formula is C16H22ClN3O3. The number of rotatable bonds is 2. The monoisotopic (exact) mass is 339 g/mol. The van der Waals surface area contributed by atoms with Gasteiger partial charge in [0.15, 0.2) is 0 Å². The summed E-state index contributed by atoms with van der Waals surface area (Å²) in [5, 5.41) is 14.3. The standard InChI is InChI=1S/C16H21N3O3.ClH/c1-12-2-3-13(19(21)22)10-14(12)15(20)18-8-5-16(6-9-18)4-7-17-11-16;/h2-3,10,17H,4-9,11H2,1H3;1H. The van der Waals surface area contributed by atoms with E-state index >= 15 is 0 Å². The van der Waals surface area contributed by atoms with Gasteiger partial charge in [-0.15, -0.1) is 12.4 Å². The molecule has 23 heavy (non-hydrogen) atoms. The quantitative estimate of drug-likeness (QED) is 0.663. The second kappa shape index (κ2) is 6.84. The van der Waals surface area contributed by atoms with E-state index in [1.165, 1.54) is 18.6 Å². The van der Waals surface area contributed by atoms with Crippen molar-refractivity contribution in [2.75, 3.05) is 26.2 Å². The van der Waals surface area contributed by atoms with Crippen LogP contribution in [-0.4, -0.2) is 41.9 Å². The van der Waals surface area contributed by atoms with E-state index in [1.807, 2.05) is 11.8 Å². The minimum Gasteiger partial charge on any atom is -0.339 e. The van der Waals surface area contributed by atoms with E-state index in [2.05, 4.69) is 5.32 Å². The first-order valence-electron chi connectivity index (χ1n) is 7.76. The van der Waals surface area contributed by atoms with Gasteiger partial charge >= 0.3 is 0 Å². The molecule has 126 valence electrons. The van der Waals surface area contributed by atoms with Crippen molar-refractivity contribution in [1.29, 1.82) is 0 Å². The topological polar surface area (TPSA) is 75.5 Å². The summed E-state index contributed by atoms with van der Waals surface area (Å²) in [4.78, 5) is 25.0. The number of piperidine rings is 1. The van der Waals surface area contributed by atoms with Crippen molar-refractivity contribution in [2.45, 2.75) is 26.2 Å². The molecule has 0 aromatic heterocycles. The third-order valence-electron chi connectivity index (χ3n) is 5.11. The molecule has 2 fully saturated rings. The van der Waals surface area contributed by atoms with Crippen LogP contribution in [0.4, 0.5) is 5.69 Å². The first kappa shape index (κ1) is 17.7. The van der Waals surface area contributed by atoms with Crippen LogP contribution in [0.2, 0.25) is 0 Å². The van der Waals surface area contributed by atoms with Gasteiger partial charge < -0.3 is 10.2 Å². The molecule has 0 saturated carbocycles. The number of hydrogen-bond donors (Lipinski definition) is 1. The molecule has 1 spiro atoms. The molecule has 1 N–H and O–H groups in total. The van der Waals surface area contributed by atoms with Gasteiger partial charge in [0.25, 0.3) is 11.6 Å². The highest BCUT2D eigenvalue weighted by atomic mass is 35.5. The molecule has 1 aromatic carbocycles. The number of likely N-dealkylation sites (tertiary alicyclic amines) is 1. The molecule has 0 bridgehead atoms. The van der Waals surface area contributed by atoms with Crippen molar-refractivity contribution in [2.24, 2.45) is 5.41 Å². The predicted octanol–water partition coefficient (Wildman–Crippen LogP) is 2.54. The number of aryl methyl sites for hydroxylation is 1. The van der Waals surface area contributed by atoms with E-state index in [9.17, 15) is 14.9 Å². The fourth-order valence-electron chi connectivity index (χ4n) is 3.53. The van der Waals surface area contributed by atoms with Crippen LogP contribution in [-0.2, 0) is 0 Å². The van der Waals surface area contributed by atoms with Crippen LogP contribution < -0.4 is 5.32 Å². The summed E-state index contributed by atoms with van der Waals surface area (Å²) >= 11 is 0. The number of carbonyl (C=O) groups is 1. The maximum Gasteiger partial charge on any atom is 0.270 e. The zero-order chi connectivity index (χ0) is 15.7. The SMILES string of the molecule is Cc1ccc([N+](=O)[O-])cc1C(=O)N1CCC2(CCNC2)CC1.Cl. The van der Waals surface area contributed by atoms with Crippen LogP contribution in [0, 0.1) is 22.5 Å². The van der Waals surface area contributed by atoms with Gasteiger partial charge in [0.1, 0.15) is 0 Å². The first-order valence-corrected chi connectivity index (χ1v) is 7.76. The number of benzene rings is 1. The zero-order valence-corrected chi connectivity index (χ0v) is 14.0. The van der Waals surface area contributed by atoms with Crippen molar-refractivity contribution in [1.82, 2.24) is 10.2 Å². The molecule has 3 rings (SSSR count). The largest absolute Gasteiger partial charge is 0.339 e. The van der Waals surface area contributed by atoms with Crippen molar-refractivity contribution in [3.63, 3.8) is 0 Å². The molecule has 2 saturated heterocycles. The van der Waals surface area contributed by atoms with E-state index in [1.54, 1.807) is 6.07 Å². The fraction of sp³-hybridized carbons (Fsp3) is 0.562. The number of nitrogens with zero attached hydrogens (tertiary/aromatic N) is 2. The average Bonchev–Trinajstić information content (AvgIpc) is 2.96. The number of nitrogens with one attached hydrogen (secondary N) is 1. The lowest BCUT2D eigenvalue weighted by Gasteiger charge is -2.39. The molecule has 2 aliphatic heterocycles. The van der Waals surface area contributed by atoms with Crippen LogP contribution in [0.1, 0.15) is 35.2 Å². The van der Waals surface area contributed by atoms with Gasteiger partial charge in [0.05, 0.1) is 4.92 Å². The Hall–Kier alpha value is -1.66. The minimum atomic E-state index is -0.453. The Bertz CT molecular complexity index is 605. The number of amides is 1. The summed E-state index contributed by atoms with van der Waals surface area (Å²) < 4.78 is 0. The van der Waals surface area contributed by atoms with E-state index in [4.69, 9.17) is 0 Å². The number of hydrogen-bond acceptors (Lipinski definition) is 4. The second-order valence-electron chi connectivity index (χ2n) is 6.48. The molecule has 1 amide bonds. The Morgan fingerprint density at radius 1 is 1.30 bits per heavy atom. The molecule has 6 nitrogen and oxygen atoms in total. The zero-order valence-electron chi connectivity index (χ0n) is 13.2. The maximum atomic E-state index is 12.7. The highest BCUT2D eigenvalue weighted by Crippen LogP contribution is 2.37. The lowest BCUT2D eigenvalue weighted by molar-refractivity contribution is -0.384. The maximum absolute atomic E-state index is 12.7. The summed E-state index contributed by atoms with van der Waals surface area (Å²) in [6.07, 6.45) is 3.21. The number of nitro groups is 1. The van der Waals surface area contributed by atoms with Crippen LogP contribution in [0.3, 0.4) is 0 Å². The molecule has 2 aliphatic rings. The van der Waals surface area contributed by atoms with Crippen LogP contribution in [0.5, 0.6) is 0 Å². The average molecular weight is 340 g/mol. The van der Waals surface area contributed by atoms with E-state index < -0.39 is 4.92 Å². The lowest BCUT2D eigenvalue weighted by atomic mass is 9.77. The minimum absolute atomic E-state index is 0. The number of non-ortho nitro benzene ring substituents is 1. The predicted molar refractivity (Wildman–Crippen MR) is 90.1 cm³/mol. The third-order valence-corrected chi connectivity index (χ3v) is 5.11. The molecule has 0 aliphatic carbocycles. The molecule has 2 heterocycles. The highest BCUT2D eigenvalue weighted by Gasteiger charge is 2.38. The third kappa shape index (κ3) is 3.48. The van der Waals surface area contributed by atoms with Crippen molar-refractivity contribution >= 4 is 24.0 Å². The Labute approximate surface area is 141 Å². The summed E-state index contributed by atoms with van der Waals surface area (Å²) in [7, 11) is 0. The number of halogens is 1. The van der Waals surface area contributed by atoms with E-state index in [0.29, 0.717) is 11.0 Å². The van der Waals surface area contributed by atoms with E-state index in [-0.39, 0.29) is 24.0 Å². The van der Waals surface area contributed by atoms with Gasteiger partial charge in [-0.25, -0.2) is 0 Å². The fourth-order valence-corrected chi connectivity index (χ4v) is 3.53. The van der Waals surface area contributed by atoms with Gasteiger partial charge in [-0.05, 0) is 43.7 Å². The summed E-state index contributed by atoms with van der Waals surface area (Å²) in [5.74, 6) is -0.0815. The van der Waals surface area contributed by atoms with Crippen LogP contribution in [0.25, 0.3) is 0 Å². The van der Waals surface area contributed by atoms with Gasteiger partial charge in [-0.3, -0.25) is 14.9 Å². The van der Waals surface area contributed by atoms with E-state index in [0.717, 1.165) is 44.6 Å². The highest BCUT2D eigenvalue weighted by molar-refractivity contribution is 5.96. The first-order chi connectivity index (χ1) is 10.5. The molecule has 0 unspecified atom stereocenters. The lowest BCUT2D eigenvalue weighted by Crippen LogP contribution is -2.44. The smallest absolute Gasteiger partial charge is 0.270 e. The summed E-state index contributed by atoms with van der Waals surface area (Å²) in [6, 6.07) is 4.50. The van der Waals surface area contributed by atoms with Gasteiger partial charge in [0, 0.05) is 37.3 Å². The number of nitro benzene ring substituents is 1. The Morgan fingerprint density at radius 3 is 2.57 bits per heavy atom. The van der Waals surface area contributed by atoms with Crippen LogP contribution >= 0.6 is 12.4 Å². The molecular weight excluding hydrogens is 318 g/mol. The Morgan fingerprint density at radius 2 is 2.00 bits per heavy atom. The van der Waals surface area contributed by atoms with Crippen LogP contribution in [0.15, 0.2) is 18.2 Å².